The lowest BCUT2D eigenvalue weighted by molar-refractivity contribution is -0.127. The van der Waals surface area contributed by atoms with E-state index in [1.165, 1.54) is 0 Å². The molecule has 0 radical (unpaired) electrons. The normalized spacial score (nSPS) is 18.0. The van der Waals surface area contributed by atoms with Crippen LogP contribution in [0.15, 0.2) is 18.3 Å². The van der Waals surface area contributed by atoms with Crippen molar-refractivity contribution in [1.82, 2.24) is 14.8 Å². The summed E-state index contributed by atoms with van der Waals surface area (Å²) in [7, 11) is 0. The minimum Gasteiger partial charge on any atom is -0.352 e. The van der Waals surface area contributed by atoms with E-state index in [2.05, 4.69) is 33.0 Å². The predicted octanol–water partition coefficient (Wildman–Crippen LogP) is 2.27. The average molecular weight is 305 g/mol. The lowest BCUT2D eigenvalue weighted by atomic mass is 10.1. The van der Waals surface area contributed by atoms with Crippen LogP contribution in [0.1, 0.15) is 51.0 Å². The van der Waals surface area contributed by atoms with E-state index in [4.69, 9.17) is 0 Å². The molecule has 1 aliphatic heterocycles. The van der Waals surface area contributed by atoms with Gasteiger partial charge in [-0.2, -0.15) is 0 Å². The summed E-state index contributed by atoms with van der Waals surface area (Å²) in [6, 6.07) is 3.44. The number of fused-ring (bicyclic) bond motifs is 1. The first kappa shape index (κ1) is 16.6. The van der Waals surface area contributed by atoms with Gasteiger partial charge in [0.05, 0.1) is 6.54 Å². The van der Waals surface area contributed by atoms with E-state index in [9.17, 15) is 9.59 Å². The van der Waals surface area contributed by atoms with Crippen molar-refractivity contribution >= 4 is 11.8 Å². The highest BCUT2D eigenvalue weighted by atomic mass is 16.2. The number of amides is 2. The maximum Gasteiger partial charge on any atom is 0.271 e. The third kappa shape index (κ3) is 3.34. The summed E-state index contributed by atoms with van der Waals surface area (Å²) in [5.74, 6) is 0.241. The molecule has 0 saturated carbocycles. The van der Waals surface area contributed by atoms with Crippen LogP contribution in [0.25, 0.3) is 0 Å². The van der Waals surface area contributed by atoms with Gasteiger partial charge in [-0.25, -0.2) is 0 Å². The van der Waals surface area contributed by atoms with Gasteiger partial charge >= 0.3 is 0 Å². The SMILES string of the molecule is CCC(CC)NC(=O)C1Cn2cccc2C(=O)N1CC(C)C. The van der Waals surface area contributed by atoms with Gasteiger partial charge in [-0.15, -0.1) is 0 Å². The maximum atomic E-state index is 12.7. The molecule has 2 rings (SSSR count). The minimum atomic E-state index is -0.421. The van der Waals surface area contributed by atoms with Gasteiger partial charge in [0.1, 0.15) is 11.7 Å². The molecule has 5 heteroatoms. The first-order valence-electron chi connectivity index (χ1n) is 8.24. The van der Waals surface area contributed by atoms with Crippen LogP contribution in [-0.4, -0.2) is 39.9 Å². The number of aromatic nitrogens is 1. The third-order valence-corrected chi connectivity index (χ3v) is 4.25. The zero-order valence-electron chi connectivity index (χ0n) is 14.0. The molecule has 0 spiro atoms. The van der Waals surface area contributed by atoms with Gasteiger partial charge in [0.15, 0.2) is 0 Å². The van der Waals surface area contributed by atoms with E-state index in [1.54, 1.807) is 4.90 Å². The van der Waals surface area contributed by atoms with Crippen molar-refractivity contribution < 1.29 is 9.59 Å². The summed E-state index contributed by atoms with van der Waals surface area (Å²) >= 11 is 0. The van der Waals surface area contributed by atoms with E-state index in [0.29, 0.717) is 24.7 Å². The Morgan fingerprint density at radius 2 is 2.05 bits per heavy atom. The van der Waals surface area contributed by atoms with Crippen LogP contribution in [0.3, 0.4) is 0 Å². The standard InChI is InChI=1S/C17H27N3O2/c1-5-13(6-2)18-16(21)15-11-19-9-7-8-14(19)17(22)20(15)10-12(3)4/h7-9,12-13,15H,5-6,10-11H2,1-4H3,(H,18,21). The van der Waals surface area contributed by atoms with E-state index in [1.807, 2.05) is 22.9 Å². The van der Waals surface area contributed by atoms with Crippen molar-refractivity contribution in [3.05, 3.63) is 24.0 Å². The van der Waals surface area contributed by atoms with Crippen LogP contribution in [0.4, 0.5) is 0 Å². The van der Waals surface area contributed by atoms with Crippen LogP contribution in [0.5, 0.6) is 0 Å². The topological polar surface area (TPSA) is 54.3 Å². The summed E-state index contributed by atoms with van der Waals surface area (Å²) in [5, 5.41) is 3.09. The number of nitrogens with zero attached hydrogens (tertiary/aromatic N) is 2. The quantitative estimate of drug-likeness (QED) is 0.876. The lowest BCUT2D eigenvalue weighted by Crippen LogP contribution is -2.57. The Labute approximate surface area is 132 Å². The fraction of sp³-hybridized carbons (Fsp3) is 0.647. The highest BCUT2D eigenvalue weighted by Gasteiger charge is 2.37. The van der Waals surface area contributed by atoms with Gasteiger partial charge in [-0.1, -0.05) is 27.7 Å². The third-order valence-electron chi connectivity index (χ3n) is 4.25. The van der Waals surface area contributed by atoms with Crippen LogP contribution >= 0.6 is 0 Å². The lowest BCUT2D eigenvalue weighted by Gasteiger charge is -2.37. The molecular weight excluding hydrogens is 278 g/mol. The molecule has 0 aromatic carbocycles. The molecule has 2 amide bonds. The Kier molecular flexibility index (Phi) is 5.27. The second-order valence-corrected chi connectivity index (χ2v) is 6.43. The summed E-state index contributed by atoms with van der Waals surface area (Å²) in [6.45, 7) is 9.40. The molecular formula is C17H27N3O2. The largest absolute Gasteiger partial charge is 0.352 e. The molecule has 2 heterocycles. The van der Waals surface area contributed by atoms with E-state index < -0.39 is 6.04 Å². The van der Waals surface area contributed by atoms with Crippen molar-refractivity contribution in [1.29, 1.82) is 0 Å². The number of carbonyl (C=O) groups excluding carboxylic acids is 2. The molecule has 0 bridgehead atoms. The molecule has 22 heavy (non-hydrogen) atoms. The van der Waals surface area contributed by atoms with Gasteiger partial charge in [0.25, 0.3) is 5.91 Å². The van der Waals surface area contributed by atoms with Crippen LogP contribution in [0.2, 0.25) is 0 Å². The smallest absolute Gasteiger partial charge is 0.271 e. The summed E-state index contributed by atoms with van der Waals surface area (Å²) in [6.07, 6.45) is 3.68. The number of hydrogen-bond acceptors (Lipinski definition) is 2. The molecule has 1 aromatic rings. The van der Waals surface area contributed by atoms with E-state index >= 15 is 0 Å². The minimum absolute atomic E-state index is 0.0398. The fourth-order valence-corrected chi connectivity index (χ4v) is 2.96. The Balaban J connectivity index is 2.23. The van der Waals surface area contributed by atoms with Crippen molar-refractivity contribution in [3.8, 4) is 0 Å². The average Bonchev–Trinajstić information content (AvgIpc) is 2.95. The molecule has 0 aliphatic carbocycles. The highest BCUT2D eigenvalue weighted by Crippen LogP contribution is 2.20. The zero-order valence-corrected chi connectivity index (χ0v) is 14.0. The molecule has 1 atom stereocenters. The first-order valence-corrected chi connectivity index (χ1v) is 8.24. The summed E-state index contributed by atoms with van der Waals surface area (Å²) < 4.78 is 1.89. The summed E-state index contributed by atoms with van der Waals surface area (Å²) in [4.78, 5) is 27.1. The van der Waals surface area contributed by atoms with Crippen LogP contribution in [-0.2, 0) is 11.3 Å². The summed E-state index contributed by atoms with van der Waals surface area (Å²) in [5.41, 5.74) is 0.673. The molecule has 122 valence electrons. The highest BCUT2D eigenvalue weighted by molar-refractivity contribution is 5.97. The van der Waals surface area contributed by atoms with Gasteiger partial charge < -0.3 is 14.8 Å². The number of carbonyl (C=O) groups is 2. The maximum absolute atomic E-state index is 12.7. The van der Waals surface area contributed by atoms with Gasteiger partial charge in [-0.3, -0.25) is 9.59 Å². The number of hydrogen-bond donors (Lipinski definition) is 1. The molecule has 0 saturated heterocycles. The Morgan fingerprint density at radius 1 is 1.36 bits per heavy atom. The van der Waals surface area contributed by atoms with Crippen molar-refractivity contribution in [3.63, 3.8) is 0 Å². The molecule has 0 fully saturated rings. The van der Waals surface area contributed by atoms with Crippen molar-refractivity contribution in [2.24, 2.45) is 5.92 Å². The monoisotopic (exact) mass is 305 g/mol. The Bertz CT molecular complexity index is 532. The fourth-order valence-electron chi connectivity index (χ4n) is 2.96. The van der Waals surface area contributed by atoms with Gasteiger partial charge in [-0.05, 0) is 30.9 Å². The second kappa shape index (κ2) is 6.99. The van der Waals surface area contributed by atoms with Crippen molar-refractivity contribution in [2.45, 2.75) is 59.2 Å². The van der Waals surface area contributed by atoms with Gasteiger partial charge in [0, 0.05) is 18.8 Å². The van der Waals surface area contributed by atoms with Crippen LogP contribution < -0.4 is 5.32 Å². The Morgan fingerprint density at radius 3 is 2.64 bits per heavy atom. The Hall–Kier alpha value is -1.78. The van der Waals surface area contributed by atoms with E-state index in [0.717, 1.165) is 12.8 Å². The molecule has 1 aliphatic rings. The molecule has 5 nitrogen and oxygen atoms in total. The first-order chi connectivity index (χ1) is 10.5. The second-order valence-electron chi connectivity index (χ2n) is 6.43. The van der Waals surface area contributed by atoms with Crippen molar-refractivity contribution in [2.75, 3.05) is 6.54 Å². The van der Waals surface area contributed by atoms with Crippen LogP contribution in [0, 0.1) is 5.92 Å². The van der Waals surface area contributed by atoms with Gasteiger partial charge in [0.2, 0.25) is 5.91 Å². The predicted molar refractivity (Wildman–Crippen MR) is 86.6 cm³/mol. The number of nitrogens with one attached hydrogen (secondary N) is 1. The number of rotatable bonds is 6. The molecule has 1 aromatic heterocycles. The molecule has 1 N–H and O–H groups in total. The zero-order chi connectivity index (χ0) is 16.3. The van der Waals surface area contributed by atoms with E-state index in [-0.39, 0.29) is 17.9 Å². The molecule has 1 unspecified atom stereocenters.